The molecule has 2 N–H and O–H groups in total. The Morgan fingerprint density at radius 1 is 1.40 bits per heavy atom. The number of rotatable bonds is 1. The Balaban J connectivity index is 2.52. The smallest absolute Gasteiger partial charge is 0.410 e. The Kier molecular flexibility index (Phi) is 3.60. The summed E-state index contributed by atoms with van der Waals surface area (Å²) in [6.45, 7) is 5.61. The van der Waals surface area contributed by atoms with Crippen LogP contribution in [-0.2, 0) is 4.74 Å². The third kappa shape index (κ3) is 3.38. The normalized spacial score (nSPS) is 26.5. The highest BCUT2D eigenvalue weighted by Gasteiger charge is 2.32. The minimum absolute atomic E-state index is 0.0996. The van der Waals surface area contributed by atoms with Crippen LogP contribution >= 0.6 is 0 Å². The lowest BCUT2D eigenvalue weighted by molar-refractivity contribution is 0.0214. The van der Waals surface area contributed by atoms with E-state index < -0.39 is 5.60 Å². The first-order chi connectivity index (χ1) is 6.81. The second-order valence-electron chi connectivity index (χ2n) is 5.25. The van der Waals surface area contributed by atoms with Crippen LogP contribution in [0.15, 0.2) is 0 Å². The molecular weight excluding hydrogens is 192 g/mol. The fourth-order valence-electron chi connectivity index (χ4n) is 1.92. The van der Waals surface area contributed by atoms with E-state index in [9.17, 15) is 4.79 Å². The molecule has 0 heterocycles. The molecule has 0 aromatic carbocycles. The third-order valence-corrected chi connectivity index (χ3v) is 2.71. The highest BCUT2D eigenvalue weighted by Crippen LogP contribution is 2.23. The maximum absolute atomic E-state index is 11.7. The first kappa shape index (κ1) is 12.3. The third-order valence-electron chi connectivity index (χ3n) is 2.71. The molecule has 0 aliphatic heterocycles. The fraction of sp³-hybridized carbons (Fsp3) is 0.909. The highest BCUT2D eigenvalue weighted by atomic mass is 16.6. The summed E-state index contributed by atoms with van der Waals surface area (Å²) in [6.07, 6.45) is 2.80. The molecule has 2 atom stereocenters. The van der Waals surface area contributed by atoms with Gasteiger partial charge in [0.15, 0.2) is 0 Å². The summed E-state index contributed by atoms with van der Waals surface area (Å²) >= 11 is 0. The largest absolute Gasteiger partial charge is 0.444 e. The van der Waals surface area contributed by atoms with Gasteiger partial charge in [-0.05, 0) is 40.0 Å². The number of carbonyl (C=O) groups is 1. The number of ether oxygens (including phenoxy) is 1. The Morgan fingerprint density at radius 3 is 2.40 bits per heavy atom. The lowest BCUT2D eigenvalue weighted by atomic mass is 10.1. The number of nitrogens with zero attached hydrogens (tertiary/aromatic N) is 1. The van der Waals surface area contributed by atoms with Gasteiger partial charge in [-0.25, -0.2) is 4.79 Å². The monoisotopic (exact) mass is 214 g/mol. The molecule has 1 aliphatic carbocycles. The molecule has 0 aromatic heterocycles. The fourth-order valence-corrected chi connectivity index (χ4v) is 1.92. The van der Waals surface area contributed by atoms with Crippen molar-refractivity contribution in [2.75, 3.05) is 7.05 Å². The van der Waals surface area contributed by atoms with Crippen molar-refractivity contribution in [3.8, 4) is 0 Å². The summed E-state index contributed by atoms with van der Waals surface area (Å²) in [5.41, 5.74) is 5.50. The van der Waals surface area contributed by atoms with Crippen molar-refractivity contribution in [1.29, 1.82) is 0 Å². The van der Waals surface area contributed by atoms with Crippen LogP contribution in [0.4, 0.5) is 4.79 Å². The van der Waals surface area contributed by atoms with Crippen molar-refractivity contribution in [2.24, 2.45) is 5.73 Å². The minimum atomic E-state index is -0.436. The van der Waals surface area contributed by atoms with E-state index in [-0.39, 0.29) is 18.2 Å². The molecular formula is C11H22N2O2. The summed E-state index contributed by atoms with van der Waals surface area (Å²) in [7, 11) is 1.77. The van der Waals surface area contributed by atoms with Gasteiger partial charge in [0.1, 0.15) is 5.60 Å². The quantitative estimate of drug-likeness (QED) is 0.723. The summed E-state index contributed by atoms with van der Waals surface area (Å²) < 4.78 is 5.29. The summed E-state index contributed by atoms with van der Waals surface area (Å²) in [6, 6.07) is 0.238. The molecule has 0 bridgehead atoms. The molecule has 4 nitrogen and oxygen atoms in total. The first-order valence-electron chi connectivity index (χ1n) is 5.52. The SMILES string of the molecule is CN(C(=O)OC(C)(C)C)[C@H]1CCC[C@H]1N. The molecule has 0 unspecified atom stereocenters. The van der Waals surface area contributed by atoms with Crippen LogP contribution in [0.3, 0.4) is 0 Å². The number of likely N-dealkylation sites (N-methyl/N-ethyl adjacent to an activating group) is 1. The van der Waals surface area contributed by atoms with Crippen LogP contribution in [0.5, 0.6) is 0 Å². The summed E-state index contributed by atoms with van der Waals surface area (Å²) in [5.74, 6) is 0. The van der Waals surface area contributed by atoms with E-state index in [1.54, 1.807) is 11.9 Å². The van der Waals surface area contributed by atoms with E-state index in [0.717, 1.165) is 19.3 Å². The van der Waals surface area contributed by atoms with Gasteiger partial charge in [0, 0.05) is 19.1 Å². The van der Waals surface area contributed by atoms with Crippen molar-refractivity contribution in [3.63, 3.8) is 0 Å². The Hall–Kier alpha value is -0.770. The molecule has 1 rings (SSSR count). The van der Waals surface area contributed by atoms with E-state index >= 15 is 0 Å². The van der Waals surface area contributed by atoms with Crippen LogP contribution < -0.4 is 5.73 Å². The van der Waals surface area contributed by atoms with Gasteiger partial charge >= 0.3 is 6.09 Å². The molecule has 1 amide bonds. The molecule has 1 saturated carbocycles. The van der Waals surface area contributed by atoms with E-state index in [1.807, 2.05) is 20.8 Å². The van der Waals surface area contributed by atoms with Crippen molar-refractivity contribution < 1.29 is 9.53 Å². The zero-order valence-electron chi connectivity index (χ0n) is 10.1. The number of amides is 1. The predicted molar refractivity (Wildman–Crippen MR) is 59.6 cm³/mol. The lowest BCUT2D eigenvalue weighted by Gasteiger charge is -2.30. The highest BCUT2D eigenvalue weighted by molar-refractivity contribution is 5.68. The van der Waals surface area contributed by atoms with E-state index in [0.29, 0.717) is 0 Å². The maximum atomic E-state index is 11.7. The molecule has 1 aliphatic rings. The van der Waals surface area contributed by atoms with Crippen molar-refractivity contribution in [3.05, 3.63) is 0 Å². The van der Waals surface area contributed by atoms with Gasteiger partial charge in [0.05, 0.1) is 0 Å². The average molecular weight is 214 g/mol. The van der Waals surface area contributed by atoms with Gasteiger partial charge in [-0.15, -0.1) is 0 Å². The predicted octanol–water partition coefficient (Wildman–Crippen LogP) is 1.73. The number of hydrogen-bond acceptors (Lipinski definition) is 3. The molecule has 4 heteroatoms. The molecule has 0 spiro atoms. The molecule has 88 valence electrons. The van der Waals surface area contributed by atoms with E-state index in [1.165, 1.54) is 0 Å². The van der Waals surface area contributed by atoms with Crippen LogP contribution in [-0.4, -0.2) is 35.7 Å². The molecule has 0 radical (unpaired) electrons. The number of carbonyl (C=O) groups excluding carboxylic acids is 1. The van der Waals surface area contributed by atoms with Gasteiger partial charge in [-0.3, -0.25) is 0 Å². The molecule has 0 aromatic rings. The summed E-state index contributed by atoms with van der Waals surface area (Å²) in [5, 5.41) is 0. The van der Waals surface area contributed by atoms with Crippen LogP contribution in [0.1, 0.15) is 40.0 Å². The van der Waals surface area contributed by atoms with E-state index in [4.69, 9.17) is 10.5 Å². The van der Waals surface area contributed by atoms with Crippen LogP contribution in [0.2, 0.25) is 0 Å². The average Bonchev–Trinajstić information content (AvgIpc) is 2.47. The second kappa shape index (κ2) is 4.39. The first-order valence-corrected chi connectivity index (χ1v) is 5.52. The minimum Gasteiger partial charge on any atom is -0.444 e. The van der Waals surface area contributed by atoms with Gasteiger partial charge in [-0.2, -0.15) is 0 Å². The maximum Gasteiger partial charge on any atom is 0.410 e. The summed E-state index contributed by atoms with van der Waals surface area (Å²) in [4.78, 5) is 13.4. The lowest BCUT2D eigenvalue weighted by Crippen LogP contribution is -2.47. The van der Waals surface area contributed by atoms with Crippen LogP contribution in [0, 0.1) is 0 Å². The van der Waals surface area contributed by atoms with Gasteiger partial charge in [0.25, 0.3) is 0 Å². The second-order valence-corrected chi connectivity index (χ2v) is 5.25. The van der Waals surface area contributed by atoms with Crippen LogP contribution in [0.25, 0.3) is 0 Å². The van der Waals surface area contributed by atoms with Gasteiger partial charge < -0.3 is 15.4 Å². The number of nitrogens with two attached hydrogens (primary N) is 1. The van der Waals surface area contributed by atoms with E-state index in [2.05, 4.69) is 0 Å². The molecule has 15 heavy (non-hydrogen) atoms. The zero-order valence-corrected chi connectivity index (χ0v) is 10.1. The topological polar surface area (TPSA) is 55.6 Å². The van der Waals surface area contributed by atoms with Gasteiger partial charge in [-0.1, -0.05) is 0 Å². The zero-order chi connectivity index (χ0) is 11.6. The van der Waals surface area contributed by atoms with Crippen molar-refractivity contribution in [1.82, 2.24) is 4.90 Å². The van der Waals surface area contributed by atoms with Gasteiger partial charge in [0.2, 0.25) is 0 Å². The molecule has 1 fully saturated rings. The standard InChI is InChI=1S/C11H22N2O2/c1-11(2,3)15-10(14)13(4)9-7-5-6-8(9)12/h8-9H,5-7,12H2,1-4H3/t8-,9+/m1/s1. The van der Waals surface area contributed by atoms with Crippen molar-refractivity contribution >= 4 is 6.09 Å². The number of hydrogen-bond donors (Lipinski definition) is 1. The Morgan fingerprint density at radius 2 is 2.00 bits per heavy atom. The molecule has 0 saturated heterocycles. The Bertz CT molecular complexity index is 235. The Labute approximate surface area is 91.8 Å². The van der Waals surface area contributed by atoms with Crippen molar-refractivity contribution in [2.45, 2.75) is 57.7 Å².